The number of nitrogens with two attached hydrogens (primary N) is 1. The van der Waals surface area contributed by atoms with E-state index in [0.29, 0.717) is 19.8 Å². The molecule has 1 atom stereocenters. The highest BCUT2D eigenvalue weighted by molar-refractivity contribution is 5.13. The molecule has 0 aliphatic rings. The summed E-state index contributed by atoms with van der Waals surface area (Å²) in [7, 11) is 0. The number of benzene rings is 1. The zero-order valence-corrected chi connectivity index (χ0v) is 10.6. The van der Waals surface area contributed by atoms with Crippen molar-refractivity contribution in [2.24, 2.45) is 11.1 Å². The van der Waals surface area contributed by atoms with Crippen LogP contribution in [-0.2, 0) is 11.3 Å². The predicted octanol–water partition coefficient (Wildman–Crippen LogP) is 1.94. The molecule has 0 aliphatic carbocycles. The van der Waals surface area contributed by atoms with Crippen LogP contribution in [0.25, 0.3) is 0 Å². The third kappa shape index (κ3) is 5.31. The Bertz CT molecular complexity index is 296. The molecule has 0 fully saturated rings. The lowest BCUT2D eigenvalue weighted by molar-refractivity contribution is 0.0901. The number of aliphatic hydroxyl groups is 1. The SMILES string of the molecule is CC(CN)(CO)CCCOCc1ccccc1. The maximum Gasteiger partial charge on any atom is 0.0716 e. The monoisotopic (exact) mass is 237 g/mol. The van der Waals surface area contributed by atoms with Gasteiger partial charge < -0.3 is 15.6 Å². The Morgan fingerprint density at radius 2 is 2.00 bits per heavy atom. The van der Waals surface area contributed by atoms with Crippen LogP contribution in [0, 0.1) is 5.41 Å². The fraction of sp³-hybridized carbons (Fsp3) is 0.571. The molecule has 1 aromatic carbocycles. The summed E-state index contributed by atoms with van der Waals surface area (Å²) in [5.41, 5.74) is 6.66. The van der Waals surface area contributed by atoms with Crippen molar-refractivity contribution in [3.63, 3.8) is 0 Å². The highest BCUT2D eigenvalue weighted by Gasteiger charge is 2.20. The standard InChI is InChI=1S/C14H23NO2/c1-14(11-15,12-16)8-5-9-17-10-13-6-3-2-4-7-13/h2-4,6-7,16H,5,8-12,15H2,1H3. The Balaban J connectivity index is 2.13. The van der Waals surface area contributed by atoms with E-state index >= 15 is 0 Å². The summed E-state index contributed by atoms with van der Waals surface area (Å²) in [6.45, 7) is 4.03. The molecule has 0 heterocycles. The molecule has 0 bridgehead atoms. The van der Waals surface area contributed by atoms with Gasteiger partial charge in [-0.1, -0.05) is 37.3 Å². The van der Waals surface area contributed by atoms with Gasteiger partial charge in [0.1, 0.15) is 0 Å². The molecule has 3 heteroatoms. The summed E-state index contributed by atoms with van der Waals surface area (Å²) >= 11 is 0. The lowest BCUT2D eigenvalue weighted by Crippen LogP contribution is -2.31. The van der Waals surface area contributed by atoms with Gasteiger partial charge in [-0.2, -0.15) is 0 Å². The first kappa shape index (κ1) is 14.2. The van der Waals surface area contributed by atoms with E-state index in [2.05, 4.69) is 12.1 Å². The topological polar surface area (TPSA) is 55.5 Å². The van der Waals surface area contributed by atoms with Gasteiger partial charge in [0.2, 0.25) is 0 Å². The number of hydrogen-bond acceptors (Lipinski definition) is 3. The van der Waals surface area contributed by atoms with Gasteiger partial charge in [0.05, 0.1) is 6.61 Å². The molecule has 0 saturated carbocycles. The summed E-state index contributed by atoms with van der Waals surface area (Å²) in [6, 6.07) is 10.1. The molecule has 0 spiro atoms. The molecular weight excluding hydrogens is 214 g/mol. The van der Waals surface area contributed by atoms with Crippen molar-refractivity contribution >= 4 is 0 Å². The normalized spacial score (nSPS) is 14.5. The summed E-state index contributed by atoms with van der Waals surface area (Å²) in [5, 5.41) is 9.20. The van der Waals surface area contributed by atoms with E-state index in [-0.39, 0.29) is 12.0 Å². The van der Waals surface area contributed by atoms with Crippen molar-refractivity contribution in [3.05, 3.63) is 35.9 Å². The Hall–Kier alpha value is -0.900. The van der Waals surface area contributed by atoms with Crippen molar-refractivity contribution in [2.75, 3.05) is 19.8 Å². The number of aliphatic hydroxyl groups excluding tert-OH is 1. The lowest BCUT2D eigenvalue weighted by atomic mass is 9.87. The molecule has 1 aromatic rings. The Labute approximate surface area is 104 Å². The van der Waals surface area contributed by atoms with E-state index in [9.17, 15) is 5.11 Å². The van der Waals surface area contributed by atoms with Gasteiger partial charge in [-0.15, -0.1) is 0 Å². The molecule has 3 nitrogen and oxygen atoms in total. The maximum atomic E-state index is 9.20. The minimum absolute atomic E-state index is 0.141. The van der Waals surface area contributed by atoms with Crippen LogP contribution in [0.4, 0.5) is 0 Å². The summed E-state index contributed by atoms with van der Waals surface area (Å²) in [5.74, 6) is 0. The van der Waals surface area contributed by atoms with E-state index < -0.39 is 0 Å². The van der Waals surface area contributed by atoms with E-state index in [4.69, 9.17) is 10.5 Å². The van der Waals surface area contributed by atoms with Crippen LogP contribution in [0.15, 0.2) is 30.3 Å². The van der Waals surface area contributed by atoms with Crippen molar-refractivity contribution in [1.29, 1.82) is 0 Å². The average molecular weight is 237 g/mol. The second-order valence-corrected chi connectivity index (χ2v) is 4.81. The smallest absolute Gasteiger partial charge is 0.0716 e. The fourth-order valence-corrected chi connectivity index (χ4v) is 1.61. The molecule has 0 aliphatic heterocycles. The predicted molar refractivity (Wildman–Crippen MR) is 69.6 cm³/mol. The first-order chi connectivity index (χ1) is 8.20. The van der Waals surface area contributed by atoms with Gasteiger partial charge in [-0.25, -0.2) is 0 Å². The van der Waals surface area contributed by atoms with Gasteiger partial charge in [-0.3, -0.25) is 0 Å². The molecular formula is C14H23NO2. The van der Waals surface area contributed by atoms with E-state index in [1.54, 1.807) is 0 Å². The summed E-state index contributed by atoms with van der Waals surface area (Å²) < 4.78 is 5.58. The number of hydrogen-bond donors (Lipinski definition) is 2. The maximum absolute atomic E-state index is 9.20. The van der Waals surface area contributed by atoms with Crippen LogP contribution in [0.2, 0.25) is 0 Å². The van der Waals surface area contributed by atoms with Crippen molar-refractivity contribution < 1.29 is 9.84 Å². The second kappa shape index (κ2) is 7.43. The van der Waals surface area contributed by atoms with E-state index in [0.717, 1.165) is 12.8 Å². The molecule has 0 amide bonds. The minimum atomic E-state index is -0.157. The average Bonchev–Trinajstić information content (AvgIpc) is 2.39. The largest absolute Gasteiger partial charge is 0.396 e. The summed E-state index contributed by atoms with van der Waals surface area (Å²) in [6.07, 6.45) is 1.83. The third-order valence-corrected chi connectivity index (χ3v) is 3.06. The van der Waals surface area contributed by atoms with Crippen LogP contribution in [0.5, 0.6) is 0 Å². The second-order valence-electron chi connectivity index (χ2n) is 4.81. The van der Waals surface area contributed by atoms with Crippen molar-refractivity contribution in [1.82, 2.24) is 0 Å². The lowest BCUT2D eigenvalue weighted by Gasteiger charge is -2.24. The zero-order chi connectivity index (χ0) is 12.6. The van der Waals surface area contributed by atoms with Crippen molar-refractivity contribution in [2.45, 2.75) is 26.4 Å². The van der Waals surface area contributed by atoms with Gasteiger partial charge in [-0.05, 0) is 24.9 Å². The van der Waals surface area contributed by atoms with Gasteiger partial charge in [0, 0.05) is 18.6 Å². The highest BCUT2D eigenvalue weighted by atomic mass is 16.5. The first-order valence-corrected chi connectivity index (χ1v) is 6.13. The Morgan fingerprint density at radius 1 is 1.29 bits per heavy atom. The highest BCUT2D eigenvalue weighted by Crippen LogP contribution is 2.20. The Kier molecular flexibility index (Phi) is 6.19. The number of rotatable bonds is 8. The fourth-order valence-electron chi connectivity index (χ4n) is 1.61. The van der Waals surface area contributed by atoms with Crippen molar-refractivity contribution in [3.8, 4) is 0 Å². The van der Waals surface area contributed by atoms with Crippen LogP contribution >= 0.6 is 0 Å². The van der Waals surface area contributed by atoms with Crippen LogP contribution in [-0.4, -0.2) is 24.9 Å². The van der Waals surface area contributed by atoms with E-state index in [1.807, 2.05) is 25.1 Å². The molecule has 96 valence electrons. The molecule has 0 saturated heterocycles. The molecule has 1 unspecified atom stereocenters. The number of ether oxygens (including phenoxy) is 1. The molecule has 1 rings (SSSR count). The first-order valence-electron chi connectivity index (χ1n) is 6.13. The molecule has 0 radical (unpaired) electrons. The zero-order valence-electron chi connectivity index (χ0n) is 10.6. The molecule has 17 heavy (non-hydrogen) atoms. The summed E-state index contributed by atoms with van der Waals surface area (Å²) in [4.78, 5) is 0. The van der Waals surface area contributed by atoms with Crippen LogP contribution in [0.1, 0.15) is 25.3 Å². The van der Waals surface area contributed by atoms with E-state index in [1.165, 1.54) is 5.56 Å². The molecule has 3 N–H and O–H groups in total. The quantitative estimate of drug-likeness (QED) is 0.679. The van der Waals surface area contributed by atoms with Crippen LogP contribution < -0.4 is 5.73 Å². The molecule has 0 aromatic heterocycles. The van der Waals surface area contributed by atoms with Crippen LogP contribution in [0.3, 0.4) is 0 Å². The third-order valence-electron chi connectivity index (χ3n) is 3.06. The van der Waals surface area contributed by atoms with Gasteiger partial charge in [0.25, 0.3) is 0 Å². The van der Waals surface area contributed by atoms with Gasteiger partial charge in [0.15, 0.2) is 0 Å². The van der Waals surface area contributed by atoms with Gasteiger partial charge >= 0.3 is 0 Å². The Morgan fingerprint density at radius 3 is 2.59 bits per heavy atom. The minimum Gasteiger partial charge on any atom is -0.396 e.